The SMILES string of the molecule is O=c1oc2cc(NCc3cnc(Cl)s3)ccc2cc1-n1cc(-c2ccccc2)nn1. The lowest BCUT2D eigenvalue weighted by molar-refractivity contribution is 0.550. The lowest BCUT2D eigenvalue weighted by Gasteiger charge is -2.06. The van der Waals surface area contributed by atoms with E-state index in [0.29, 0.717) is 28.0 Å². The van der Waals surface area contributed by atoms with Gasteiger partial charge in [-0.3, -0.25) is 0 Å². The van der Waals surface area contributed by atoms with Gasteiger partial charge in [0, 0.05) is 33.8 Å². The molecule has 0 saturated heterocycles. The smallest absolute Gasteiger partial charge is 0.362 e. The largest absolute Gasteiger partial charge is 0.421 e. The minimum Gasteiger partial charge on any atom is -0.421 e. The van der Waals surface area contributed by atoms with Crippen LogP contribution in [0.2, 0.25) is 4.47 Å². The third kappa shape index (κ3) is 3.70. The Balaban J connectivity index is 1.43. The molecule has 0 saturated carbocycles. The van der Waals surface area contributed by atoms with Gasteiger partial charge in [0.05, 0.1) is 12.7 Å². The molecule has 0 fully saturated rings. The van der Waals surface area contributed by atoms with Crippen LogP contribution in [0, 0.1) is 0 Å². The van der Waals surface area contributed by atoms with Gasteiger partial charge in [0.25, 0.3) is 0 Å². The van der Waals surface area contributed by atoms with Crippen LogP contribution in [-0.4, -0.2) is 20.0 Å². The highest BCUT2D eigenvalue weighted by Gasteiger charge is 2.11. The summed E-state index contributed by atoms with van der Waals surface area (Å²) in [6, 6.07) is 17.0. The Kier molecular flexibility index (Phi) is 4.78. The predicted octanol–water partition coefficient (Wildman–Crippen LogP) is 4.76. The van der Waals surface area contributed by atoms with Gasteiger partial charge in [-0.2, -0.15) is 0 Å². The van der Waals surface area contributed by atoms with Gasteiger partial charge in [0.1, 0.15) is 11.3 Å². The molecule has 0 bridgehead atoms. The average molecular weight is 436 g/mol. The molecule has 7 nitrogen and oxygen atoms in total. The van der Waals surface area contributed by atoms with Crippen LogP contribution >= 0.6 is 22.9 Å². The molecular weight excluding hydrogens is 422 g/mol. The second-order valence-electron chi connectivity index (χ2n) is 6.52. The lowest BCUT2D eigenvalue weighted by atomic mass is 10.2. The van der Waals surface area contributed by atoms with Crippen LogP contribution in [0.3, 0.4) is 0 Å². The van der Waals surface area contributed by atoms with Crippen molar-refractivity contribution in [2.45, 2.75) is 6.54 Å². The van der Waals surface area contributed by atoms with E-state index >= 15 is 0 Å². The highest BCUT2D eigenvalue weighted by atomic mass is 35.5. The number of nitrogens with one attached hydrogen (secondary N) is 1. The van der Waals surface area contributed by atoms with E-state index in [-0.39, 0.29) is 0 Å². The number of hydrogen-bond acceptors (Lipinski definition) is 7. The molecule has 0 amide bonds. The maximum Gasteiger partial charge on any atom is 0.362 e. The summed E-state index contributed by atoms with van der Waals surface area (Å²) in [7, 11) is 0. The molecule has 0 spiro atoms. The molecule has 0 aliphatic rings. The van der Waals surface area contributed by atoms with E-state index in [9.17, 15) is 4.79 Å². The number of benzene rings is 2. The quantitative estimate of drug-likeness (QED) is 0.400. The van der Waals surface area contributed by atoms with Crippen molar-refractivity contribution in [1.29, 1.82) is 0 Å². The Bertz CT molecular complexity index is 1390. The fourth-order valence-electron chi connectivity index (χ4n) is 3.05. The predicted molar refractivity (Wildman–Crippen MR) is 117 cm³/mol. The molecule has 0 unspecified atom stereocenters. The zero-order valence-electron chi connectivity index (χ0n) is 15.4. The number of aromatic nitrogens is 4. The van der Waals surface area contributed by atoms with Crippen LogP contribution in [0.1, 0.15) is 4.88 Å². The molecule has 0 aliphatic heterocycles. The normalized spacial score (nSPS) is 11.1. The van der Waals surface area contributed by atoms with E-state index in [1.165, 1.54) is 16.0 Å². The second kappa shape index (κ2) is 7.74. The maximum atomic E-state index is 12.6. The lowest BCUT2D eigenvalue weighted by Crippen LogP contribution is -2.10. The van der Waals surface area contributed by atoms with Crippen molar-refractivity contribution in [3.8, 4) is 16.9 Å². The third-order valence-corrected chi connectivity index (χ3v) is 5.63. The molecule has 148 valence electrons. The first-order valence-corrected chi connectivity index (χ1v) is 10.3. The van der Waals surface area contributed by atoms with Crippen molar-refractivity contribution < 1.29 is 4.42 Å². The van der Waals surface area contributed by atoms with Gasteiger partial charge in [-0.1, -0.05) is 47.1 Å². The minimum absolute atomic E-state index is 0.303. The number of fused-ring (bicyclic) bond motifs is 1. The first-order valence-electron chi connectivity index (χ1n) is 9.06. The van der Waals surface area contributed by atoms with E-state index in [0.717, 1.165) is 21.5 Å². The first kappa shape index (κ1) is 18.5. The molecule has 30 heavy (non-hydrogen) atoms. The van der Waals surface area contributed by atoms with Gasteiger partial charge in [-0.15, -0.1) is 16.4 Å². The van der Waals surface area contributed by atoms with Crippen LogP contribution in [-0.2, 0) is 6.54 Å². The van der Waals surface area contributed by atoms with Crippen molar-refractivity contribution in [2.75, 3.05) is 5.32 Å². The van der Waals surface area contributed by atoms with Gasteiger partial charge in [0.2, 0.25) is 0 Å². The van der Waals surface area contributed by atoms with Crippen LogP contribution in [0.15, 0.2) is 76.2 Å². The molecule has 2 aromatic carbocycles. The van der Waals surface area contributed by atoms with Gasteiger partial charge < -0.3 is 9.73 Å². The molecule has 5 rings (SSSR count). The summed E-state index contributed by atoms with van der Waals surface area (Å²) in [5.74, 6) is 0. The van der Waals surface area contributed by atoms with Crippen molar-refractivity contribution >= 4 is 39.6 Å². The summed E-state index contributed by atoms with van der Waals surface area (Å²) in [6.07, 6.45) is 3.44. The standard InChI is InChI=1S/C21H14ClN5O2S/c22-21-24-11-16(30-21)10-23-15-7-6-14-8-18(20(28)29-19(14)9-15)27-12-17(25-26-27)13-4-2-1-3-5-13/h1-9,11-12,23H,10H2. The Morgan fingerprint density at radius 3 is 2.80 bits per heavy atom. The van der Waals surface area contributed by atoms with Gasteiger partial charge in [-0.05, 0) is 18.2 Å². The third-order valence-electron chi connectivity index (χ3n) is 4.52. The molecule has 5 aromatic rings. The molecule has 1 N–H and O–H groups in total. The number of hydrogen-bond donors (Lipinski definition) is 1. The Hall–Kier alpha value is -3.49. The van der Waals surface area contributed by atoms with Crippen molar-refractivity contribution in [2.24, 2.45) is 0 Å². The average Bonchev–Trinajstić information content (AvgIpc) is 3.41. The van der Waals surface area contributed by atoms with Crippen LogP contribution in [0.25, 0.3) is 27.9 Å². The summed E-state index contributed by atoms with van der Waals surface area (Å²) in [5.41, 5.74) is 2.73. The zero-order valence-corrected chi connectivity index (χ0v) is 17.0. The van der Waals surface area contributed by atoms with Crippen molar-refractivity contribution in [3.05, 3.63) is 86.8 Å². The van der Waals surface area contributed by atoms with E-state index < -0.39 is 5.63 Å². The number of nitrogens with zero attached hydrogens (tertiary/aromatic N) is 4. The molecule has 3 heterocycles. The monoisotopic (exact) mass is 435 g/mol. The van der Waals surface area contributed by atoms with Crippen LogP contribution < -0.4 is 10.9 Å². The molecule has 0 radical (unpaired) electrons. The first-order chi connectivity index (χ1) is 14.7. The molecule has 0 atom stereocenters. The summed E-state index contributed by atoms with van der Waals surface area (Å²) >= 11 is 7.27. The van der Waals surface area contributed by atoms with Crippen molar-refractivity contribution in [3.63, 3.8) is 0 Å². The Labute approximate surface area is 179 Å². The van der Waals surface area contributed by atoms with E-state index in [1.54, 1.807) is 24.5 Å². The van der Waals surface area contributed by atoms with Crippen molar-refractivity contribution in [1.82, 2.24) is 20.0 Å². The topological polar surface area (TPSA) is 85.8 Å². The highest BCUT2D eigenvalue weighted by Crippen LogP contribution is 2.23. The fraction of sp³-hybridized carbons (Fsp3) is 0.0476. The fourth-order valence-corrected chi connectivity index (χ4v) is 3.96. The maximum absolute atomic E-state index is 12.6. The zero-order chi connectivity index (χ0) is 20.5. The molecule has 9 heteroatoms. The summed E-state index contributed by atoms with van der Waals surface area (Å²) in [4.78, 5) is 17.6. The van der Waals surface area contributed by atoms with Crippen LogP contribution in [0.5, 0.6) is 0 Å². The Morgan fingerprint density at radius 2 is 2.00 bits per heavy atom. The molecule has 3 aromatic heterocycles. The summed E-state index contributed by atoms with van der Waals surface area (Å²) in [6.45, 7) is 0.583. The van der Waals surface area contributed by atoms with Gasteiger partial charge in [-0.25, -0.2) is 14.5 Å². The van der Waals surface area contributed by atoms with E-state index in [2.05, 4.69) is 20.6 Å². The number of rotatable bonds is 5. The Morgan fingerprint density at radius 1 is 1.13 bits per heavy atom. The molecule has 0 aliphatic carbocycles. The minimum atomic E-state index is -0.488. The van der Waals surface area contributed by atoms with E-state index in [1.807, 2.05) is 42.5 Å². The van der Waals surface area contributed by atoms with E-state index in [4.69, 9.17) is 16.0 Å². The highest BCUT2D eigenvalue weighted by molar-refractivity contribution is 7.15. The summed E-state index contributed by atoms with van der Waals surface area (Å²) < 4.78 is 7.49. The van der Waals surface area contributed by atoms with Gasteiger partial charge in [0.15, 0.2) is 10.2 Å². The second-order valence-corrected chi connectivity index (χ2v) is 8.22. The number of thiazole rings is 1. The van der Waals surface area contributed by atoms with Crippen LogP contribution in [0.4, 0.5) is 5.69 Å². The number of anilines is 1. The molecular formula is C21H14ClN5O2S. The van der Waals surface area contributed by atoms with Gasteiger partial charge >= 0.3 is 5.63 Å². The number of halogens is 1. The summed E-state index contributed by atoms with van der Waals surface area (Å²) in [5, 5.41) is 12.3.